The van der Waals surface area contributed by atoms with Crippen molar-refractivity contribution in [2.75, 3.05) is 18.2 Å². The number of hydrogen-bond donors (Lipinski definition) is 2. The summed E-state index contributed by atoms with van der Waals surface area (Å²) < 4.78 is 4.98. The van der Waals surface area contributed by atoms with Crippen LogP contribution in [-0.4, -0.2) is 23.0 Å². The molecule has 0 fully saturated rings. The first-order valence-corrected chi connectivity index (χ1v) is 6.26. The van der Waals surface area contributed by atoms with Crippen LogP contribution in [0.3, 0.4) is 0 Å². The number of ether oxygens (including phenoxy) is 1. The molecule has 1 amide bonds. The summed E-state index contributed by atoms with van der Waals surface area (Å²) in [5.41, 5.74) is 8.56. The van der Waals surface area contributed by atoms with Gasteiger partial charge in [0, 0.05) is 5.56 Å². The molecule has 7 heteroatoms. The van der Waals surface area contributed by atoms with Crippen molar-refractivity contribution >= 4 is 29.0 Å². The molecule has 1 aromatic carbocycles. The summed E-state index contributed by atoms with van der Waals surface area (Å²) in [7, 11) is 1.47. The minimum atomic E-state index is -0.0937. The molecule has 102 valence electrons. The van der Waals surface area contributed by atoms with Gasteiger partial charge in [0.15, 0.2) is 5.82 Å². The van der Waals surface area contributed by atoms with E-state index in [4.69, 9.17) is 22.1 Å². The van der Waals surface area contributed by atoms with Crippen molar-refractivity contribution in [1.82, 2.24) is 9.97 Å². The summed E-state index contributed by atoms with van der Waals surface area (Å²) in [6, 6.07) is 3.51. The highest BCUT2D eigenvalue weighted by molar-refractivity contribution is 6.34. The van der Waals surface area contributed by atoms with Gasteiger partial charge in [-0.15, -0.1) is 0 Å². The Bertz CT molecular complexity index is 718. The van der Waals surface area contributed by atoms with E-state index in [-0.39, 0.29) is 24.0 Å². The van der Waals surface area contributed by atoms with Crippen molar-refractivity contribution in [3.8, 4) is 17.1 Å². The lowest BCUT2D eigenvalue weighted by Gasteiger charge is -2.09. The molecule has 0 atom stereocenters. The highest BCUT2D eigenvalue weighted by Crippen LogP contribution is 2.38. The van der Waals surface area contributed by atoms with Crippen molar-refractivity contribution in [3.63, 3.8) is 0 Å². The summed E-state index contributed by atoms with van der Waals surface area (Å²) in [6.07, 6.45) is 1.82. The highest BCUT2D eigenvalue weighted by Gasteiger charge is 2.24. The number of nitrogens with zero attached hydrogens (tertiary/aromatic N) is 2. The van der Waals surface area contributed by atoms with Crippen LogP contribution in [0.25, 0.3) is 11.3 Å². The first kappa shape index (κ1) is 12.7. The Kier molecular flexibility index (Phi) is 2.94. The molecule has 1 aromatic heterocycles. The molecule has 3 rings (SSSR count). The van der Waals surface area contributed by atoms with E-state index in [9.17, 15) is 4.79 Å². The lowest BCUT2D eigenvalue weighted by atomic mass is 10.0. The molecule has 2 heterocycles. The van der Waals surface area contributed by atoms with Gasteiger partial charge in [-0.2, -0.15) is 0 Å². The molecule has 1 aliphatic rings. The van der Waals surface area contributed by atoms with Crippen LogP contribution in [0.4, 0.5) is 11.5 Å². The zero-order chi connectivity index (χ0) is 14.3. The molecule has 0 spiro atoms. The quantitative estimate of drug-likeness (QED) is 0.881. The van der Waals surface area contributed by atoms with Crippen LogP contribution in [-0.2, 0) is 11.2 Å². The summed E-state index contributed by atoms with van der Waals surface area (Å²) in [6.45, 7) is 0. The Morgan fingerprint density at radius 2 is 2.25 bits per heavy atom. The molecule has 20 heavy (non-hydrogen) atoms. The van der Waals surface area contributed by atoms with Crippen LogP contribution in [0, 0.1) is 0 Å². The van der Waals surface area contributed by atoms with E-state index in [1.807, 2.05) is 0 Å². The fourth-order valence-electron chi connectivity index (χ4n) is 2.20. The summed E-state index contributed by atoms with van der Waals surface area (Å²) in [4.78, 5) is 19.9. The molecular formula is C13H11ClN4O2. The third-order valence-corrected chi connectivity index (χ3v) is 3.41. The number of amides is 1. The average molecular weight is 291 g/mol. The topological polar surface area (TPSA) is 90.1 Å². The number of rotatable bonds is 2. The number of nitrogen functional groups attached to an aromatic ring is 1. The number of nitrogens with one attached hydrogen (secondary N) is 1. The molecular weight excluding hydrogens is 280 g/mol. The molecule has 2 aromatic rings. The number of nitrogens with two attached hydrogens (primary N) is 1. The number of aromatic nitrogens is 2. The SMILES string of the molecule is COc1ncc(-c2ccc(Cl)c3c2CC(=O)N3)nc1N. The van der Waals surface area contributed by atoms with Crippen molar-refractivity contribution < 1.29 is 9.53 Å². The number of carbonyl (C=O) groups excluding carboxylic acids is 1. The molecule has 0 saturated carbocycles. The Morgan fingerprint density at radius 1 is 1.45 bits per heavy atom. The average Bonchev–Trinajstić information content (AvgIpc) is 2.81. The monoisotopic (exact) mass is 290 g/mol. The third kappa shape index (κ3) is 1.94. The minimum absolute atomic E-state index is 0.0937. The van der Waals surface area contributed by atoms with Gasteiger partial charge in [0.2, 0.25) is 5.91 Å². The molecule has 0 saturated heterocycles. The van der Waals surface area contributed by atoms with E-state index < -0.39 is 0 Å². The van der Waals surface area contributed by atoms with E-state index in [1.165, 1.54) is 7.11 Å². The number of halogens is 1. The van der Waals surface area contributed by atoms with Crippen molar-refractivity contribution in [3.05, 3.63) is 28.9 Å². The zero-order valence-electron chi connectivity index (χ0n) is 10.6. The molecule has 3 N–H and O–H groups in total. The van der Waals surface area contributed by atoms with Gasteiger partial charge in [0.05, 0.1) is 36.1 Å². The maximum absolute atomic E-state index is 11.6. The Labute approximate surface area is 119 Å². The van der Waals surface area contributed by atoms with Gasteiger partial charge in [0.25, 0.3) is 5.88 Å². The number of fused-ring (bicyclic) bond motifs is 1. The molecule has 1 aliphatic heterocycles. The smallest absolute Gasteiger partial charge is 0.256 e. The normalized spacial score (nSPS) is 13.0. The lowest BCUT2D eigenvalue weighted by Crippen LogP contribution is -2.03. The van der Waals surface area contributed by atoms with Crippen molar-refractivity contribution in [1.29, 1.82) is 0 Å². The van der Waals surface area contributed by atoms with Gasteiger partial charge in [-0.3, -0.25) is 4.79 Å². The second kappa shape index (κ2) is 4.64. The molecule has 0 aliphatic carbocycles. The Morgan fingerprint density at radius 3 is 2.95 bits per heavy atom. The lowest BCUT2D eigenvalue weighted by molar-refractivity contribution is -0.115. The second-order valence-corrected chi connectivity index (χ2v) is 4.73. The maximum atomic E-state index is 11.6. The van der Waals surface area contributed by atoms with Gasteiger partial charge in [-0.1, -0.05) is 17.7 Å². The van der Waals surface area contributed by atoms with Crippen LogP contribution < -0.4 is 15.8 Å². The number of hydrogen-bond acceptors (Lipinski definition) is 5. The van der Waals surface area contributed by atoms with Gasteiger partial charge >= 0.3 is 0 Å². The fourth-order valence-corrected chi connectivity index (χ4v) is 2.43. The number of carbonyl (C=O) groups is 1. The zero-order valence-corrected chi connectivity index (χ0v) is 11.4. The molecule has 6 nitrogen and oxygen atoms in total. The highest BCUT2D eigenvalue weighted by atomic mass is 35.5. The van der Waals surface area contributed by atoms with E-state index in [1.54, 1.807) is 18.3 Å². The van der Waals surface area contributed by atoms with Gasteiger partial charge < -0.3 is 15.8 Å². The van der Waals surface area contributed by atoms with E-state index in [0.717, 1.165) is 11.1 Å². The van der Waals surface area contributed by atoms with Crippen LogP contribution >= 0.6 is 11.6 Å². The van der Waals surface area contributed by atoms with Gasteiger partial charge in [-0.25, -0.2) is 9.97 Å². The van der Waals surface area contributed by atoms with E-state index >= 15 is 0 Å². The summed E-state index contributed by atoms with van der Waals surface area (Å²) in [5.74, 6) is 0.378. The van der Waals surface area contributed by atoms with Crippen LogP contribution in [0.15, 0.2) is 18.3 Å². The summed E-state index contributed by atoms with van der Waals surface area (Å²) in [5, 5.41) is 3.24. The van der Waals surface area contributed by atoms with Crippen LogP contribution in [0.5, 0.6) is 5.88 Å². The Hall–Kier alpha value is -2.34. The third-order valence-electron chi connectivity index (χ3n) is 3.10. The molecule has 0 radical (unpaired) electrons. The minimum Gasteiger partial charge on any atom is -0.478 e. The largest absolute Gasteiger partial charge is 0.478 e. The van der Waals surface area contributed by atoms with E-state index in [2.05, 4.69) is 15.3 Å². The standard InChI is InChI=1S/C13H11ClN4O2/c1-20-13-12(15)17-9(5-16-13)6-2-3-8(14)11-7(6)4-10(19)18-11/h2-3,5H,4H2,1H3,(H2,15,17)(H,18,19). The van der Waals surface area contributed by atoms with Crippen molar-refractivity contribution in [2.45, 2.75) is 6.42 Å². The van der Waals surface area contributed by atoms with E-state index in [0.29, 0.717) is 16.4 Å². The maximum Gasteiger partial charge on any atom is 0.256 e. The first-order chi connectivity index (χ1) is 9.60. The fraction of sp³-hybridized carbons (Fsp3) is 0.154. The second-order valence-electron chi connectivity index (χ2n) is 4.32. The first-order valence-electron chi connectivity index (χ1n) is 5.88. The number of anilines is 2. The molecule has 0 unspecified atom stereocenters. The summed E-state index contributed by atoms with van der Waals surface area (Å²) >= 11 is 6.08. The van der Waals surface area contributed by atoms with Crippen LogP contribution in [0.2, 0.25) is 5.02 Å². The van der Waals surface area contributed by atoms with Crippen molar-refractivity contribution in [2.24, 2.45) is 0 Å². The van der Waals surface area contributed by atoms with Gasteiger partial charge in [-0.05, 0) is 11.6 Å². The predicted octanol–water partition coefficient (Wildman–Crippen LogP) is 1.88. The van der Waals surface area contributed by atoms with Crippen LogP contribution in [0.1, 0.15) is 5.56 Å². The number of benzene rings is 1. The Balaban J connectivity index is 2.15. The molecule has 0 bridgehead atoms. The number of methoxy groups -OCH3 is 1. The van der Waals surface area contributed by atoms with Gasteiger partial charge in [0.1, 0.15) is 0 Å². The predicted molar refractivity (Wildman–Crippen MR) is 75.8 cm³/mol.